The number of hydrogen-bond acceptors (Lipinski definition) is 6. The van der Waals surface area contributed by atoms with E-state index in [2.05, 4.69) is 24.1 Å². The third-order valence-electron chi connectivity index (χ3n) is 5.76. The van der Waals surface area contributed by atoms with Gasteiger partial charge in [-0.25, -0.2) is 4.98 Å². The molecule has 1 aromatic carbocycles. The summed E-state index contributed by atoms with van der Waals surface area (Å²) in [6.07, 6.45) is 3.34. The molecule has 1 heterocycles. The molecule has 0 aliphatic heterocycles. The van der Waals surface area contributed by atoms with Crippen molar-refractivity contribution in [3.63, 3.8) is 0 Å². The summed E-state index contributed by atoms with van der Waals surface area (Å²) in [7, 11) is 0. The van der Waals surface area contributed by atoms with Crippen LogP contribution in [0.4, 0.5) is 5.13 Å². The number of amides is 1. The molecule has 3 N–H and O–H groups in total. The fraction of sp³-hybridized carbons (Fsp3) is 0.500. The van der Waals surface area contributed by atoms with Crippen LogP contribution in [0.15, 0.2) is 24.3 Å². The van der Waals surface area contributed by atoms with Crippen LogP contribution in [0.2, 0.25) is 0 Å². The number of benzene rings is 1. The van der Waals surface area contributed by atoms with Crippen LogP contribution in [0.1, 0.15) is 43.6 Å². The van der Waals surface area contributed by atoms with E-state index in [1.54, 1.807) is 0 Å². The third kappa shape index (κ3) is 5.56. The van der Waals surface area contributed by atoms with E-state index >= 15 is 0 Å². The lowest BCUT2D eigenvalue weighted by Gasteiger charge is -2.34. The van der Waals surface area contributed by atoms with Crippen LogP contribution in [-0.4, -0.2) is 29.5 Å². The first kappa shape index (κ1) is 21.3. The number of ether oxygens (including phenoxy) is 1. The largest absolute Gasteiger partial charge is 0.455 e. The van der Waals surface area contributed by atoms with Crippen LogP contribution in [0.5, 0.6) is 0 Å². The number of nitrogens with zero attached hydrogens (tertiary/aromatic N) is 1. The summed E-state index contributed by atoms with van der Waals surface area (Å²) in [4.78, 5) is 29.6. The number of anilines is 1. The second-order valence-electron chi connectivity index (χ2n) is 7.97. The van der Waals surface area contributed by atoms with E-state index in [0.29, 0.717) is 22.7 Å². The average molecular weight is 416 g/mol. The van der Waals surface area contributed by atoms with Crippen molar-refractivity contribution in [1.29, 1.82) is 0 Å². The zero-order valence-corrected chi connectivity index (χ0v) is 18.1. The van der Waals surface area contributed by atoms with E-state index < -0.39 is 5.97 Å². The predicted molar refractivity (Wildman–Crippen MR) is 115 cm³/mol. The van der Waals surface area contributed by atoms with Gasteiger partial charge in [0.25, 0.3) is 5.91 Å². The Bertz CT molecular complexity index is 863. The molecule has 156 valence electrons. The number of nitrogen functional groups attached to an aromatic ring is 1. The average Bonchev–Trinajstić information content (AvgIpc) is 3.04. The molecule has 3 rings (SSSR count). The van der Waals surface area contributed by atoms with Gasteiger partial charge < -0.3 is 15.8 Å². The van der Waals surface area contributed by atoms with Crippen molar-refractivity contribution in [2.24, 2.45) is 11.8 Å². The van der Waals surface area contributed by atoms with Gasteiger partial charge in [0, 0.05) is 16.5 Å². The summed E-state index contributed by atoms with van der Waals surface area (Å²) < 4.78 is 5.22. The third-order valence-corrected chi connectivity index (χ3v) is 6.65. The number of hydrogen-bond donors (Lipinski definition) is 2. The minimum atomic E-state index is -0.456. The maximum atomic E-state index is 12.3. The van der Waals surface area contributed by atoms with Crippen LogP contribution >= 0.6 is 11.3 Å². The van der Waals surface area contributed by atoms with Crippen molar-refractivity contribution in [3.8, 4) is 11.3 Å². The minimum Gasteiger partial charge on any atom is -0.455 e. The Balaban J connectivity index is 1.55. The van der Waals surface area contributed by atoms with E-state index in [-0.39, 0.29) is 25.0 Å². The number of aryl methyl sites for hydroxylation is 1. The van der Waals surface area contributed by atoms with Crippen molar-refractivity contribution in [2.75, 3.05) is 12.3 Å². The van der Waals surface area contributed by atoms with Gasteiger partial charge in [-0.3, -0.25) is 9.59 Å². The first-order valence-corrected chi connectivity index (χ1v) is 10.9. The molecule has 7 heteroatoms. The van der Waals surface area contributed by atoms with Gasteiger partial charge in [0.2, 0.25) is 0 Å². The molecule has 1 fully saturated rings. The Morgan fingerprint density at radius 2 is 1.97 bits per heavy atom. The second kappa shape index (κ2) is 9.39. The van der Waals surface area contributed by atoms with Crippen LogP contribution in [0, 0.1) is 18.8 Å². The molecule has 0 spiro atoms. The molecule has 1 aromatic heterocycles. The van der Waals surface area contributed by atoms with Crippen LogP contribution in [0.25, 0.3) is 11.3 Å². The monoisotopic (exact) mass is 415 g/mol. The topological polar surface area (TPSA) is 94.3 Å². The predicted octanol–water partition coefficient (Wildman–Crippen LogP) is 3.73. The molecule has 1 saturated carbocycles. The normalized spacial score (nSPS) is 21.6. The summed E-state index contributed by atoms with van der Waals surface area (Å²) in [6.45, 7) is 6.14. The quantitative estimate of drug-likeness (QED) is 0.701. The molecule has 1 aliphatic rings. The highest BCUT2D eigenvalue weighted by atomic mass is 32.1. The Morgan fingerprint density at radius 1 is 1.24 bits per heavy atom. The maximum absolute atomic E-state index is 12.3. The molecule has 1 aliphatic carbocycles. The highest BCUT2D eigenvalue weighted by Crippen LogP contribution is 2.31. The lowest BCUT2D eigenvalue weighted by atomic mass is 9.78. The second-order valence-corrected chi connectivity index (χ2v) is 9.08. The van der Waals surface area contributed by atoms with Gasteiger partial charge in [-0.15, -0.1) is 11.3 Å². The van der Waals surface area contributed by atoms with Gasteiger partial charge in [-0.1, -0.05) is 56.5 Å². The first-order chi connectivity index (χ1) is 13.8. The van der Waals surface area contributed by atoms with E-state index in [9.17, 15) is 9.59 Å². The fourth-order valence-corrected chi connectivity index (χ4v) is 4.63. The van der Waals surface area contributed by atoms with Gasteiger partial charge >= 0.3 is 5.97 Å². The van der Waals surface area contributed by atoms with Crippen molar-refractivity contribution < 1.29 is 14.3 Å². The number of rotatable bonds is 6. The Hall–Kier alpha value is -2.41. The van der Waals surface area contributed by atoms with E-state index in [1.165, 1.54) is 17.8 Å². The Morgan fingerprint density at radius 3 is 2.69 bits per heavy atom. The summed E-state index contributed by atoms with van der Waals surface area (Å²) >= 11 is 1.27. The Labute approximate surface area is 175 Å². The molecular formula is C22H29N3O3S. The molecule has 29 heavy (non-hydrogen) atoms. The maximum Gasteiger partial charge on any atom is 0.311 e. The number of carbonyl (C=O) groups is 2. The van der Waals surface area contributed by atoms with Gasteiger partial charge in [0.05, 0.1) is 12.1 Å². The summed E-state index contributed by atoms with van der Waals surface area (Å²) in [5.74, 6) is 0.323. The van der Waals surface area contributed by atoms with Crippen LogP contribution < -0.4 is 11.1 Å². The lowest BCUT2D eigenvalue weighted by molar-refractivity contribution is -0.148. The number of carbonyl (C=O) groups excluding carboxylic acids is 2. The lowest BCUT2D eigenvalue weighted by Crippen LogP contribution is -2.45. The summed E-state index contributed by atoms with van der Waals surface area (Å²) in [5.41, 5.74) is 8.61. The molecule has 2 aromatic rings. The van der Waals surface area contributed by atoms with Crippen molar-refractivity contribution in [3.05, 3.63) is 34.7 Å². The zero-order chi connectivity index (χ0) is 21.0. The van der Waals surface area contributed by atoms with Gasteiger partial charge in [0.15, 0.2) is 11.7 Å². The first-order valence-electron chi connectivity index (χ1n) is 10.1. The standard InChI is InChI=1S/C22H29N3O3S/c1-13-7-9-16(10-8-13)21-18(29-22(23)25-21)11-20(27)28-12-19(26)24-17-6-4-5-14(2)15(17)3/h7-10,14-15,17H,4-6,11-12H2,1-3H3,(H2,23,25)(H,24,26)/t14-,15+,17-/m0/s1. The van der Waals surface area contributed by atoms with Gasteiger partial charge in [0.1, 0.15) is 0 Å². The van der Waals surface area contributed by atoms with Gasteiger partial charge in [-0.2, -0.15) is 0 Å². The number of esters is 1. The fourth-order valence-electron chi connectivity index (χ4n) is 3.79. The summed E-state index contributed by atoms with van der Waals surface area (Å²) in [6, 6.07) is 8.05. The summed E-state index contributed by atoms with van der Waals surface area (Å²) in [5, 5.41) is 3.42. The minimum absolute atomic E-state index is 0.0439. The highest BCUT2D eigenvalue weighted by Gasteiger charge is 2.28. The molecular weight excluding hydrogens is 386 g/mol. The van der Waals surface area contributed by atoms with Crippen molar-refractivity contribution >= 4 is 28.3 Å². The van der Waals surface area contributed by atoms with Crippen molar-refractivity contribution in [2.45, 2.75) is 52.5 Å². The Kier molecular flexibility index (Phi) is 6.90. The molecule has 0 radical (unpaired) electrons. The molecule has 3 atom stereocenters. The number of nitrogens with two attached hydrogens (primary N) is 1. The molecule has 6 nitrogen and oxygen atoms in total. The van der Waals surface area contributed by atoms with E-state index in [0.717, 1.165) is 28.8 Å². The molecule has 1 amide bonds. The SMILES string of the molecule is Cc1ccc(-c2nc(N)sc2CC(=O)OCC(=O)N[C@H]2CCC[C@H](C)[C@H]2C)cc1. The van der Waals surface area contributed by atoms with Crippen molar-refractivity contribution in [1.82, 2.24) is 10.3 Å². The number of thiazole rings is 1. The van der Waals surface area contributed by atoms with E-state index in [1.807, 2.05) is 31.2 Å². The molecule has 0 bridgehead atoms. The van der Waals surface area contributed by atoms with Gasteiger partial charge in [-0.05, 0) is 25.2 Å². The van der Waals surface area contributed by atoms with Crippen LogP contribution in [0.3, 0.4) is 0 Å². The smallest absolute Gasteiger partial charge is 0.311 e. The number of aromatic nitrogens is 1. The highest BCUT2D eigenvalue weighted by molar-refractivity contribution is 7.15. The number of nitrogens with one attached hydrogen (secondary N) is 1. The molecule has 0 unspecified atom stereocenters. The van der Waals surface area contributed by atoms with E-state index in [4.69, 9.17) is 10.5 Å². The molecule has 0 saturated heterocycles. The van der Waals surface area contributed by atoms with Crippen LogP contribution in [-0.2, 0) is 20.7 Å². The zero-order valence-electron chi connectivity index (χ0n) is 17.2.